The van der Waals surface area contributed by atoms with Crippen LogP contribution in [0.4, 0.5) is 13.2 Å². The molecule has 1 atom stereocenters. The van der Waals surface area contributed by atoms with Crippen LogP contribution in [-0.4, -0.2) is 42.2 Å². The summed E-state index contributed by atoms with van der Waals surface area (Å²) < 4.78 is 50.8. The Morgan fingerprint density at radius 2 is 1.86 bits per heavy atom. The van der Waals surface area contributed by atoms with Gasteiger partial charge in [-0.15, -0.1) is 13.2 Å². The Hall–Kier alpha value is -2.55. The summed E-state index contributed by atoms with van der Waals surface area (Å²) in [5.74, 6) is -1.59. The first kappa shape index (κ1) is 21.7. The molecule has 1 unspecified atom stereocenters. The number of aliphatic hydroxyl groups excluding tert-OH is 1. The first-order valence-corrected chi connectivity index (χ1v) is 8.41. The van der Waals surface area contributed by atoms with E-state index in [9.17, 15) is 27.9 Å². The van der Waals surface area contributed by atoms with Crippen LogP contribution in [-0.2, 0) is 19.1 Å². The molecular formula is C19H21F3O6. The largest absolute Gasteiger partial charge is 0.573 e. The second kappa shape index (κ2) is 7.83. The Morgan fingerprint density at radius 1 is 1.25 bits per heavy atom. The van der Waals surface area contributed by atoms with Gasteiger partial charge in [0, 0.05) is 12.0 Å². The van der Waals surface area contributed by atoms with Crippen LogP contribution < -0.4 is 4.74 Å². The molecule has 1 aliphatic heterocycles. The molecule has 0 saturated carbocycles. The molecule has 1 N–H and O–H groups in total. The highest BCUT2D eigenvalue weighted by atomic mass is 19.4. The number of esters is 2. The Balaban J connectivity index is 2.10. The third-order valence-corrected chi connectivity index (χ3v) is 3.91. The van der Waals surface area contributed by atoms with E-state index in [4.69, 9.17) is 9.47 Å². The SMILES string of the molecule is CC(C)(C)C(=O)OCC1(CO)C/C(=C\c2ccc(OC(F)(F)F)cc2)C(=O)O1. The predicted molar refractivity (Wildman–Crippen MR) is 92.0 cm³/mol. The molecule has 2 rings (SSSR count). The number of hydrogen-bond donors (Lipinski definition) is 1. The average Bonchev–Trinajstić information content (AvgIpc) is 2.89. The van der Waals surface area contributed by atoms with Gasteiger partial charge in [-0.2, -0.15) is 0 Å². The molecule has 0 aliphatic carbocycles. The van der Waals surface area contributed by atoms with Gasteiger partial charge in [0.05, 0.1) is 12.0 Å². The summed E-state index contributed by atoms with van der Waals surface area (Å²) >= 11 is 0. The van der Waals surface area contributed by atoms with Gasteiger partial charge in [0.25, 0.3) is 0 Å². The van der Waals surface area contributed by atoms with E-state index in [0.717, 1.165) is 12.1 Å². The lowest BCUT2D eigenvalue weighted by molar-refractivity contribution is -0.274. The zero-order chi connectivity index (χ0) is 21.2. The number of carbonyl (C=O) groups is 2. The maximum atomic E-state index is 12.2. The van der Waals surface area contributed by atoms with Crippen molar-refractivity contribution in [1.82, 2.24) is 0 Å². The first-order valence-electron chi connectivity index (χ1n) is 8.41. The molecule has 0 bridgehead atoms. The van der Waals surface area contributed by atoms with Gasteiger partial charge in [-0.1, -0.05) is 12.1 Å². The maximum Gasteiger partial charge on any atom is 0.573 e. The van der Waals surface area contributed by atoms with E-state index in [0.29, 0.717) is 5.56 Å². The number of halogens is 3. The summed E-state index contributed by atoms with van der Waals surface area (Å²) in [6.45, 7) is 4.14. The average molecular weight is 402 g/mol. The normalized spacial score (nSPS) is 21.5. The summed E-state index contributed by atoms with van der Waals surface area (Å²) in [5.41, 5.74) is -1.49. The van der Waals surface area contributed by atoms with Crippen LogP contribution in [0, 0.1) is 5.41 Å². The van der Waals surface area contributed by atoms with Gasteiger partial charge in [0.2, 0.25) is 0 Å². The van der Waals surface area contributed by atoms with Crippen LogP contribution in [0.1, 0.15) is 32.8 Å². The van der Waals surface area contributed by atoms with Gasteiger partial charge in [-0.3, -0.25) is 4.79 Å². The lowest BCUT2D eigenvalue weighted by Gasteiger charge is -2.26. The number of benzene rings is 1. The molecule has 1 aliphatic rings. The smallest absolute Gasteiger partial charge is 0.461 e. The highest BCUT2D eigenvalue weighted by molar-refractivity contribution is 5.96. The molecule has 0 aromatic heterocycles. The lowest BCUT2D eigenvalue weighted by atomic mass is 9.96. The van der Waals surface area contributed by atoms with Gasteiger partial charge in [-0.05, 0) is 44.5 Å². The summed E-state index contributed by atoms with van der Waals surface area (Å²) in [6.07, 6.45) is -3.37. The molecule has 154 valence electrons. The van der Waals surface area contributed by atoms with Crippen LogP contribution in [0.15, 0.2) is 29.8 Å². The third-order valence-electron chi connectivity index (χ3n) is 3.91. The highest BCUT2D eigenvalue weighted by Gasteiger charge is 2.45. The Kier molecular flexibility index (Phi) is 6.08. The molecule has 1 aromatic carbocycles. The van der Waals surface area contributed by atoms with Crippen molar-refractivity contribution in [3.8, 4) is 5.75 Å². The van der Waals surface area contributed by atoms with Crippen molar-refractivity contribution >= 4 is 18.0 Å². The Morgan fingerprint density at radius 3 is 2.36 bits per heavy atom. The van der Waals surface area contributed by atoms with E-state index >= 15 is 0 Å². The minimum Gasteiger partial charge on any atom is -0.461 e. The topological polar surface area (TPSA) is 82.1 Å². The molecular weight excluding hydrogens is 381 g/mol. The quantitative estimate of drug-likeness (QED) is 0.602. The van der Waals surface area contributed by atoms with Crippen LogP contribution in [0.5, 0.6) is 5.75 Å². The predicted octanol–water partition coefficient (Wildman–Crippen LogP) is 3.24. The number of carbonyl (C=O) groups excluding carboxylic acids is 2. The molecule has 9 heteroatoms. The van der Waals surface area contributed by atoms with Crippen molar-refractivity contribution in [2.24, 2.45) is 5.41 Å². The summed E-state index contributed by atoms with van der Waals surface area (Å²) in [4.78, 5) is 24.0. The van der Waals surface area contributed by atoms with Crippen LogP contribution in [0.25, 0.3) is 6.08 Å². The number of alkyl halides is 3. The zero-order valence-corrected chi connectivity index (χ0v) is 15.6. The van der Waals surface area contributed by atoms with Crippen molar-refractivity contribution in [2.45, 2.75) is 39.2 Å². The number of aliphatic hydroxyl groups is 1. The van der Waals surface area contributed by atoms with Crippen LogP contribution in [0.3, 0.4) is 0 Å². The minimum atomic E-state index is -4.79. The molecule has 28 heavy (non-hydrogen) atoms. The number of ether oxygens (including phenoxy) is 3. The van der Waals surface area contributed by atoms with E-state index in [1.54, 1.807) is 20.8 Å². The number of rotatable bonds is 5. The van der Waals surface area contributed by atoms with Gasteiger partial charge >= 0.3 is 18.3 Å². The summed E-state index contributed by atoms with van der Waals surface area (Å²) in [7, 11) is 0. The van der Waals surface area contributed by atoms with Crippen molar-refractivity contribution in [2.75, 3.05) is 13.2 Å². The van der Waals surface area contributed by atoms with Crippen LogP contribution in [0.2, 0.25) is 0 Å². The van der Waals surface area contributed by atoms with Crippen molar-refractivity contribution in [1.29, 1.82) is 0 Å². The van der Waals surface area contributed by atoms with E-state index in [2.05, 4.69) is 4.74 Å². The fourth-order valence-corrected chi connectivity index (χ4v) is 2.42. The van der Waals surface area contributed by atoms with Gasteiger partial charge in [0.1, 0.15) is 12.4 Å². The van der Waals surface area contributed by atoms with Crippen molar-refractivity contribution < 1.29 is 42.1 Å². The maximum absolute atomic E-state index is 12.2. The highest BCUT2D eigenvalue weighted by Crippen LogP contribution is 2.33. The molecule has 6 nitrogen and oxygen atoms in total. The zero-order valence-electron chi connectivity index (χ0n) is 15.6. The molecule has 1 fully saturated rings. The van der Waals surface area contributed by atoms with E-state index in [1.165, 1.54) is 18.2 Å². The molecule has 0 radical (unpaired) electrons. The first-order chi connectivity index (χ1) is 12.8. The van der Waals surface area contributed by atoms with Crippen molar-refractivity contribution in [3.05, 3.63) is 35.4 Å². The second-order valence-corrected chi connectivity index (χ2v) is 7.52. The van der Waals surface area contributed by atoms with Crippen molar-refractivity contribution in [3.63, 3.8) is 0 Å². The Bertz CT molecular complexity index is 761. The lowest BCUT2D eigenvalue weighted by Crippen LogP contribution is -2.40. The van der Waals surface area contributed by atoms with E-state index in [-0.39, 0.29) is 24.4 Å². The monoisotopic (exact) mass is 402 g/mol. The number of hydrogen-bond acceptors (Lipinski definition) is 6. The molecule has 1 heterocycles. The summed E-state index contributed by atoms with van der Waals surface area (Å²) in [5, 5.41) is 9.66. The molecule has 0 spiro atoms. The minimum absolute atomic E-state index is 0.0133. The standard InChI is InChI=1S/C19H21F3O6/c1-17(2,3)16(25)26-11-18(10-23)9-13(15(24)28-18)8-12-4-6-14(7-5-12)27-19(20,21)22/h4-8,23H,9-11H2,1-3H3/b13-8+. The fourth-order valence-electron chi connectivity index (χ4n) is 2.42. The van der Waals surface area contributed by atoms with Crippen LogP contribution >= 0.6 is 0 Å². The molecule has 1 saturated heterocycles. The molecule has 1 aromatic rings. The van der Waals surface area contributed by atoms with Gasteiger partial charge in [0.15, 0.2) is 5.60 Å². The Labute approximate surface area is 159 Å². The van der Waals surface area contributed by atoms with Gasteiger partial charge in [-0.25, -0.2) is 4.79 Å². The third kappa shape index (κ3) is 5.72. The van der Waals surface area contributed by atoms with E-state index < -0.39 is 35.9 Å². The summed E-state index contributed by atoms with van der Waals surface area (Å²) in [6, 6.07) is 4.93. The second-order valence-electron chi connectivity index (χ2n) is 7.52. The van der Waals surface area contributed by atoms with Gasteiger partial charge < -0.3 is 19.3 Å². The number of cyclic esters (lactones) is 1. The fraction of sp³-hybridized carbons (Fsp3) is 0.474. The molecule has 0 amide bonds. The van der Waals surface area contributed by atoms with E-state index in [1.807, 2.05) is 0 Å².